The van der Waals surface area contributed by atoms with E-state index in [0.717, 1.165) is 28.7 Å². The molecule has 2 N–H and O–H groups in total. The minimum atomic E-state index is 0.0394. The molecule has 1 aliphatic heterocycles. The number of thiophene rings is 1. The maximum absolute atomic E-state index is 12.0. The van der Waals surface area contributed by atoms with Crippen molar-refractivity contribution in [1.29, 1.82) is 0 Å². The maximum Gasteiger partial charge on any atom is 0.223 e. The Morgan fingerprint density at radius 2 is 2.41 bits per heavy atom. The predicted molar refractivity (Wildman–Crippen MR) is 74.0 cm³/mol. The van der Waals surface area contributed by atoms with Gasteiger partial charge >= 0.3 is 0 Å². The summed E-state index contributed by atoms with van der Waals surface area (Å²) < 4.78 is 1.09. The normalized spacial score (nSPS) is 26.1. The zero-order valence-electron chi connectivity index (χ0n) is 9.86. The molecule has 1 aromatic rings. The number of likely N-dealkylation sites (tertiary alicyclic amines) is 1. The van der Waals surface area contributed by atoms with Crippen molar-refractivity contribution in [2.45, 2.75) is 38.3 Å². The van der Waals surface area contributed by atoms with Crippen molar-refractivity contribution in [3.63, 3.8) is 0 Å². The van der Waals surface area contributed by atoms with Crippen LogP contribution in [-0.4, -0.2) is 23.4 Å². The van der Waals surface area contributed by atoms with Gasteiger partial charge in [0.1, 0.15) is 0 Å². The highest BCUT2D eigenvalue weighted by molar-refractivity contribution is 9.11. The number of nitrogens with zero attached hydrogens (tertiary/aromatic N) is 1. The first-order chi connectivity index (χ1) is 8.13. The van der Waals surface area contributed by atoms with E-state index in [2.05, 4.69) is 27.4 Å². The second kappa shape index (κ2) is 5.50. The minimum absolute atomic E-state index is 0.0394. The number of hydrogen-bond acceptors (Lipinski definition) is 3. The average Bonchev–Trinajstić information content (AvgIpc) is 2.65. The molecule has 1 fully saturated rings. The van der Waals surface area contributed by atoms with Crippen molar-refractivity contribution in [2.24, 2.45) is 5.73 Å². The van der Waals surface area contributed by atoms with Crippen molar-refractivity contribution >= 4 is 33.2 Å². The summed E-state index contributed by atoms with van der Waals surface area (Å²) in [6.45, 7) is 2.75. The largest absolute Gasteiger partial charge is 0.334 e. The summed E-state index contributed by atoms with van der Waals surface area (Å²) in [4.78, 5) is 14.0. The zero-order valence-corrected chi connectivity index (χ0v) is 12.3. The van der Waals surface area contributed by atoms with Crippen LogP contribution in [0, 0.1) is 0 Å². The van der Waals surface area contributed by atoms with Crippen LogP contribution in [0.25, 0.3) is 0 Å². The van der Waals surface area contributed by atoms with Gasteiger partial charge in [0, 0.05) is 19.0 Å². The van der Waals surface area contributed by atoms with Crippen LogP contribution in [0.3, 0.4) is 0 Å². The molecular weight excluding hydrogens is 300 g/mol. The molecule has 2 rings (SSSR count). The molecule has 0 aromatic carbocycles. The summed E-state index contributed by atoms with van der Waals surface area (Å²) in [5, 5.41) is 2.09. The number of hydrogen-bond donors (Lipinski definition) is 1. The highest BCUT2D eigenvalue weighted by Gasteiger charge is 2.32. The Balaban J connectivity index is 2.34. The molecule has 2 unspecified atom stereocenters. The second-order valence-corrected chi connectivity index (χ2v) is 6.66. The van der Waals surface area contributed by atoms with E-state index in [1.54, 1.807) is 11.3 Å². The summed E-state index contributed by atoms with van der Waals surface area (Å²) >= 11 is 5.11. The Hall–Kier alpha value is -0.390. The van der Waals surface area contributed by atoms with Crippen LogP contribution >= 0.6 is 27.3 Å². The van der Waals surface area contributed by atoms with Crippen LogP contribution in [0.15, 0.2) is 15.2 Å². The first-order valence-electron chi connectivity index (χ1n) is 5.92. The molecule has 5 heteroatoms. The Labute approximate surface area is 114 Å². The van der Waals surface area contributed by atoms with Gasteiger partial charge in [-0.15, -0.1) is 11.3 Å². The van der Waals surface area contributed by atoms with Crippen LogP contribution in [-0.2, 0) is 4.79 Å². The first kappa shape index (κ1) is 13.1. The van der Waals surface area contributed by atoms with Gasteiger partial charge in [0.05, 0.1) is 9.83 Å². The van der Waals surface area contributed by atoms with E-state index in [1.807, 2.05) is 11.8 Å². The van der Waals surface area contributed by atoms with Crippen molar-refractivity contribution in [1.82, 2.24) is 4.90 Å². The lowest BCUT2D eigenvalue weighted by Gasteiger charge is -2.32. The number of amides is 1. The Kier molecular flexibility index (Phi) is 4.22. The first-order valence-corrected chi connectivity index (χ1v) is 7.59. The summed E-state index contributed by atoms with van der Waals surface area (Å²) in [7, 11) is 0. The highest BCUT2D eigenvalue weighted by atomic mass is 79.9. The van der Waals surface area contributed by atoms with Crippen molar-refractivity contribution in [3.8, 4) is 0 Å². The SMILES string of the molecule is CCN1C(=O)CCCC(N)C1c1csc(Br)c1. The quantitative estimate of drug-likeness (QED) is 0.911. The molecule has 3 nitrogen and oxygen atoms in total. The molecular formula is C12H17BrN2OS. The molecule has 0 radical (unpaired) electrons. The molecule has 0 aliphatic carbocycles. The van der Waals surface area contributed by atoms with Crippen molar-refractivity contribution in [3.05, 3.63) is 20.8 Å². The van der Waals surface area contributed by atoms with Crippen LogP contribution < -0.4 is 5.73 Å². The monoisotopic (exact) mass is 316 g/mol. The molecule has 2 heterocycles. The Morgan fingerprint density at radius 3 is 3.00 bits per heavy atom. The van der Waals surface area contributed by atoms with Gasteiger partial charge in [-0.25, -0.2) is 0 Å². The summed E-state index contributed by atoms with van der Waals surface area (Å²) in [6.07, 6.45) is 2.45. The fourth-order valence-electron chi connectivity index (χ4n) is 2.46. The molecule has 0 spiro atoms. The lowest BCUT2D eigenvalue weighted by Crippen LogP contribution is -2.41. The predicted octanol–water partition coefficient (Wildman–Crippen LogP) is 2.91. The van der Waals surface area contributed by atoms with Gasteiger partial charge in [0.25, 0.3) is 0 Å². The Morgan fingerprint density at radius 1 is 1.65 bits per heavy atom. The van der Waals surface area contributed by atoms with Gasteiger partial charge in [-0.3, -0.25) is 4.79 Å². The molecule has 17 heavy (non-hydrogen) atoms. The lowest BCUT2D eigenvalue weighted by atomic mass is 9.99. The molecule has 1 saturated heterocycles. The fourth-order valence-corrected chi connectivity index (χ4v) is 3.66. The topological polar surface area (TPSA) is 46.3 Å². The smallest absolute Gasteiger partial charge is 0.223 e. The number of likely N-dealkylation sites (N-methyl/N-ethyl adjacent to an activating group) is 1. The van der Waals surface area contributed by atoms with E-state index in [0.29, 0.717) is 6.42 Å². The standard InChI is InChI=1S/C12H17BrN2OS/c1-2-15-11(16)5-3-4-9(14)12(15)8-6-10(13)17-7-8/h6-7,9,12H,2-5,14H2,1H3. The van der Waals surface area contributed by atoms with Gasteiger partial charge in [-0.1, -0.05) is 0 Å². The second-order valence-electron chi connectivity index (χ2n) is 4.36. The van der Waals surface area contributed by atoms with Crippen LogP contribution in [0.4, 0.5) is 0 Å². The van der Waals surface area contributed by atoms with Crippen LogP contribution in [0.2, 0.25) is 0 Å². The maximum atomic E-state index is 12.0. The van der Waals surface area contributed by atoms with E-state index < -0.39 is 0 Å². The highest BCUT2D eigenvalue weighted by Crippen LogP contribution is 2.34. The third-order valence-corrected chi connectivity index (χ3v) is 4.78. The van der Waals surface area contributed by atoms with Gasteiger partial charge in [-0.05, 0) is 52.7 Å². The van der Waals surface area contributed by atoms with Crippen LogP contribution in [0.1, 0.15) is 37.8 Å². The van der Waals surface area contributed by atoms with E-state index in [-0.39, 0.29) is 18.0 Å². The molecule has 1 aromatic heterocycles. The minimum Gasteiger partial charge on any atom is -0.334 e. The third kappa shape index (κ3) is 2.72. The van der Waals surface area contributed by atoms with Crippen molar-refractivity contribution in [2.75, 3.05) is 6.54 Å². The van der Waals surface area contributed by atoms with Gasteiger partial charge < -0.3 is 10.6 Å². The summed E-state index contributed by atoms with van der Waals surface area (Å²) in [5.74, 6) is 0.229. The van der Waals surface area contributed by atoms with Gasteiger partial charge in [0.2, 0.25) is 5.91 Å². The Bertz CT molecular complexity index is 407. The van der Waals surface area contributed by atoms with E-state index >= 15 is 0 Å². The molecule has 1 aliphatic rings. The van der Waals surface area contributed by atoms with E-state index in [9.17, 15) is 4.79 Å². The summed E-state index contributed by atoms with van der Waals surface area (Å²) in [5.41, 5.74) is 7.40. The number of carbonyl (C=O) groups is 1. The van der Waals surface area contributed by atoms with E-state index in [1.165, 1.54) is 0 Å². The fraction of sp³-hybridized carbons (Fsp3) is 0.583. The number of rotatable bonds is 2. The van der Waals surface area contributed by atoms with Crippen LogP contribution in [0.5, 0.6) is 0 Å². The van der Waals surface area contributed by atoms with Gasteiger partial charge in [-0.2, -0.15) is 0 Å². The lowest BCUT2D eigenvalue weighted by molar-refractivity contribution is -0.133. The molecule has 0 saturated carbocycles. The molecule has 2 atom stereocenters. The summed E-state index contributed by atoms with van der Waals surface area (Å²) in [6, 6.07) is 2.16. The van der Waals surface area contributed by atoms with Gasteiger partial charge in [0.15, 0.2) is 0 Å². The molecule has 94 valence electrons. The average molecular weight is 317 g/mol. The molecule has 0 bridgehead atoms. The zero-order chi connectivity index (χ0) is 12.4. The number of nitrogens with two attached hydrogens (primary N) is 1. The van der Waals surface area contributed by atoms with Crippen molar-refractivity contribution < 1.29 is 4.79 Å². The number of carbonyl (C=O) groups excluding carboxylic acids is 1. The number of halogens is 1. The third-order valence-electron chi connectivity index (χ3n) is 3.26. The molecule has 1 amide bonds. The van der Waals surface area contributed by atoms with E-state index in [4.69, 9.17) is 5.73 Å².